The lowest BCUT2D eigenvalue weighted by Crippen LogP contribution is -2.11. The fraction of sp³-hybridized carbons (Fsp3) is 0.286. The van der Waals surface area contributed by atoms with E-state index in [2.05, 4.69) is 15.5 Å². The zero-order chi connectivity index (χ0) is 18.0. The Morgan fingerprint density at radius 2 is 1.79 bits per heavy atom. The van der Waals surface area contributed by atoms with Crippen molar-refractivity contribution in [1.29, 1.82) is 0 Å². The lowest BCUT2D eigenvalue weighted by atomic mass is 10.1. The van der Waals surface area contributed by atoms with E-state index < -0.39 is 27.5 Å². The van der Waals surface area contributed by atoms with Gasteiger partial charge in [0.25, 0.3) is 0 Å². The van der Waals surface area contributed by atoms with E-state index in [1.54, 1.807) is 0 Å². The number of aromatic nitrogens is 2. The van der Waals surface area contributed by atoms with Crippen molar-refractivity contribution in [1.82, 2.24) is 10.2 Å². The molecule has 1 heterocycles. The van der Waals surface area contributed by atoms with Crippen molar-refractivity contribution in [3.05, 3.63) is 53.0 Å². The van der Waals surface area contributed by atoms with Crippen LogP contribution in [0.4, 0.5) is 23.4 Å². The van der Waals surface area contributed by atoms with Gasteiger partial charge in [-0.1, -0.05) is 6.07 Å². The van der Waals surface area contributed by atoms with E-state index in [1.807, 2.05) is 0 Å². The van der Waals surface area contributed by atoms with Crippen LogP contribution < -0.4 is 5.32 Å². The molecule has 1 aromatic heterocycles. The van der Waals surface area contributed by atoms with Crippen LogP contribution in [0, 0.1) is 5.82 Å². The second-order valence-corrected chi connectivity index (χ2v) is 7.28. The Kier molecular flexibility index (Phi) is 5.07. The average Bonchev–Trinajstić information content (AvgIpc) is 2.46. The number of nitrogens with one attached hydrogen (secondary N) is 1. The van der Waals surface area contributed by atoms with E-state index >= 15 is 0 Å². The van der Waals surface area contributed by atoms with Crippen LogP contribution in [0.25, 0.3) is 0 Å². The Morgan fingerprint density at radius 3 is 2.33 bits per heavy atom. The van der Waals surface area contributed by atoms with Crippen molar-refractivity contribution >= 4 is 15.7 Å². The molecule has 0 aliphatic heterocycles. The maximum atomic E-state index is 13.4. The zero-order valence-corrected chi connectivity index (χ0v) is 13.2. The minimum atomic E-state index is -4.59. The molecular formula is C14H13F4N3O2S. The molecule has 1 aromatic carbocycles. The number of halogens is 4. The number of benzene rings is 1. The second-order valence-electron chi connectivity index (χ2n) is 5.14. The van der Waals surface area contributed by atoms with Crippen LogP contribution in [0.2, 0.25) is 0 Å². The van der Waals surface area contributed by atoms with Gasteiger partial charge in [0.1, 0.15) is 11.6 Å². The highest BCUT2D eigenvalue weighted by molar-refractivity contribution is 7.89. The molecular weight excluding hydrogens is 350 g/mol. The Bertz CT molecular complexity index is 821. The fourth-order valence-corrected chi connectivity index (χ4v) is 2.79. The second kappa shape index (κ2) is 6.71. The summed E-state index contributed by atoms with van der Waals surface area (Å²) in [5, 5.41) is 9.14. The van der Waals surface area contributed by atoms with E-state index in [1.165, 1.54) is 6.07 Å². The molecule has 0 bridgehead atoms. The first kappa shape index (κ1) is 18.1. The molecule has 130 valence electrons. The zero-order valence-electron chi connectivity index (χ0n) is 12.4. The fourth-order valence-electron chi connectivity index (χ4n) is 1.95. The van der Waals surface area contributed by atoms with E-state index in [9.17, 15) is 26.0 Å². The number of sulfone groups is 1. The summed E-state index contributed by atoms with van der Waals surface area (Å²) in [4.78, 5) is 0. The van der Waals surface area contributed by atoms with Gasteiger partial charge in [-0.2, -0.15) is 13.2 Å². The maximum absolute atomic E-state index is 13.4. The third kappa shape index (κ3) is 5.15. The summed E-state index contributed by atoms with van der Waals surface area (Å²) in [5.74, 6) is -0.775. The highest BCUT2D eigenvalue weighted by atomic mass is 32.2. The molecule has 2 rings (SSSR count). The smallest absolute Gasteiger partial charge is 0.364 e. The predicted octanol–water partition coefficient (Wildman–Crippen LogP) is 2.79. The SMILES string of the molecule is CS(=O)(=O)Cc1ccc(F)cc1CNc1ccc(C(F)(F)F)nn1. The summed E-state index contributed by atoms with van der Waals surface area (Å²) in [6, 6.07) is 5.50. The molecule has 0 fully saturated rings. The summed E-state index contributed by atoms with van der Waals surface area (Å²) < 4.78 is 73.4. The van der Waals surface area contributed by atoms with E-state index in [0.29, 0.717) is 11.1 Å². The Hall–Kier alpha value is -2.23. The van der Waals surface area contributed by atoms with Crippen molar-refractivity contribution < 1.29 is 26.0 Å². The number of hydrogen-bond donors (Lipinski definition) is 1. The van der Waals surface area contributed by atoms with Crippen LogP contribution in [0.5, 0.6) is 0 Å². The first-order valence-electron chi connectivity index (χ1n) is 6.64. The van der Waals surface area contributed by atoms with Crippen molar-refractivity contribution in [2.75, 3.05) is 11.6 Å². The Balaban J connectivity index is 2.15. The summed E-state index contributed by atoms with van der Waals surface area (Å²) in [6.07, 6.45) is -3.54. The van der Waals surface area contributed by atoms with Crippen molar-refractivity contribution in [2.24, 2.45) is 0 Å². The molecule has 10 heteroatoms. The number of nitrogens with zero attached hydrogens (tertiary/aromatic N) is 2. The molecule has 24 heavy (non-hydrogen) atoms. The molecule has 1 N–H and O–H groups in total. The van der Waals surface area contributed by atoms with Gasteiger partial charge in [0.15, 0.2) is 15.5 Å². The Labute approximate surface area is 135 Å². The molecule has 0 spiro atoms. The third-order valence-electron chi connectivity index (χ3n) is 3.00. The molecule has 0 atom stereocenters. The van der Waals surface area contributed by atoms with Gasteiger partial charge < -0.3 is 5.32 Å². The minimum Gasteiger partial charge on any atom is -0.364 e. The molecule has 0 aliphatic rings. The average molecular weight is 363 g/mol. The van der Waals surface area contributed by atoms with Crippen LogP contribution in [0.15, 0.2) is 30.3 Å². The largest absolute Gasteiger partial charge is 0.435 e. The van der Waals surface area contributed by atoms with Crippen LogP contribution in [0.3, 0.4) is 0 Å². The quantitative estimate of drug-likeness (QED) is 0.827. The molecule has 0 saturated heterocycles. The molecule has 0 aliphatic carbocycles. The highest BCUT2D eigenvalue weighted by Crippen LogP contribution is 2.27. The lowest BCUT2D eigenvalue weighted by Gasteiger charge is -2.11. The van der Waals surface area contributed by atoms with Gasteiger partial charge in [-0.3, -0.25) is 0 Å². The Morgan fingerprint density at radius 1 is 1.08 bits per heavy atom. The van der Waals surface area contributed by atoms with Gasteiger partial charge in [-0.15, -0.1) is 10.2 Å². The number of alkyl halides is 3. The van der Waals surface area contributed by atoms with Gasteiger partial charge >= 0.3 is 6.18 Å². The summed E-state index contributed by atoms with van der Waals surface area (Å²) in [7, 11) is -3.32. The molecule has 0 radical (unpaired) electrons. The van der Waals surface area contributed by atoms with Crippen molar-refractivity contribution in [3.8, 4) is 0 Å². The maximum Gasteiger partial charge on any atom is 0.435 e. The molecule has 5 nitrogen and oxygen atoms in total. The molecule has 2 aromatic rings. The van der Waals surface area contributed by atoms with Gasteiger partial charge in [-0.05, 0) is 35.4 Å². The minimum absolute atomic E-state index is 0.0113. The predicted molar refractivity (Wildman–Crippen MR) is 79.3 cm³/mol. The van der Waals surface area contributed by atoms with E-state index in [-0.39, 0.29) is 18.1 Å². The van der Waals surface area contributed by atoms with Crippen molar-refractivity contribution in [3.63, 3.8) is 0 Å². The summed E-state index contributed by atoms with van der Waals surface area (Å²) >= 11 is 0. The normalized spacial score (nSPS) is 12.2. The van der Waals surface area contributed by atoms with Gasteiger partial charge in [0.2, 0.25) is 0 Å². The van der Waals surface area contributed by atoms with E-state index in [4.69, 9.17) is 0 Å². The third-order valence-corrected chi connectivity index (χ3v) is 3.84. The molecule has 0 amide bonds. The molecule has 0 saturated carbocycles. The van der Waals surface area contributed by atoms with Crippen LogP contribution in [0.1, 0.15) is 16.8 Å². The van der Waals surface area contributed by atoms with Crippen molar-refractivity contribution in [2.45, 2.75) is 18.5 Å². The summed E-state index contributed by atoms with van der Waals surface area (Å²) in [5.41, 5.74) is -0.370. The number of hydrogen-bond acceptors (Lipinski definition) is 5. The van der Waals surface area contributed by atoms with E-state index in [0.717, 1.165) is 30.5 Å². The van der Waals surface area contributed by atoms with Gasteiger partial charge in [0.05, 0.1) is 5.75 Å². The highest BCUT2D eigenvalue weighted by Gasteiger charge is 2.32. The number of anilines is 1. The summed E-state index contributed by atoms with van der Waals surface area (Å²) in [6.45, 7) is -0.0113. The number of rotatable bonds is 5. The van der Waals surface area contributed by atoms with Gasteiger partial charge in [0, 0.05) is 12.8 Å². The van der Waals surface area contributed by atoms with Crippen LogP contribution >= 0.6 is 0 Å². The lowest BCUT2D eigenvalue weighted by molar-refractivity contribution is -0.141. The van der Waals surface area contributed by atoms with Crippen LogP contribution in [-0.2, 0) is 28.3 Å². The van der Waals surface area contributed by atoms with Gasteiger partial charge in [-0.25, -0.2) is 12.8 Å². The standard InChI is InChI=1S/C14H13F4N3O2S/c1-24(22,23)8-9-2-3-11(15)6-10(9)7-19-13-5-4-12(20-21-13)14(16,17)18/h2-6H,7-8H2,1H3,(H,19,21). The monoisotopic (exact) mass is 363 g/mol. The molecule has 0 unspecified atom stereocenters. The first-order valence-corrected chi connectivity index (χ1v) is 8.70. The first-order chi connectivity index (χ1) is 11.0. The van der Waals surface area contributed by atoms with Crippen LogP contribution in [-0.4, -0.2) is 24.9 Å². The topological polar surface area (TPSA) is 72.0 Å².